The molecule has 4 nitrogen and oxygen atoms in total. The van der Waals surface area contributed by atoms with Crippen LogP contribution >= 0.6 is 15.9 Å². The molecule has 7 heteroatoms. The molecule has 0 saturated heterocycles. The number of nitrogens with one attached hydrogen (secondary N) is 1. The highest BCUT2D eigenvalue weighted by atomic mass is 79.9. The highest BCUT2D eigenvalue weighted by Crippen LogP contribution is 2.26. The normalized spacial score (nSPS) is 9.80. The third-order valence-corrected chi connectivity index (χ3v) is 2.09. The monoisotopic (exact) mass is 278 g/mol. The molecule has 0 saturated carbocycles. The van der Waals surface area contributed by atoms with E-state index < -0.39 is 23.4 Å². The van der Waals surface area contributed by atoms with Crippen LogP contribution in [0.3, 0.4) is 0 Å². The van der Waals surface area contributed by atoms with E-state index in [0.717, 1.165) is 6.07 Å². The predicted octanol–water partition coefficient (Wildman–Crippen LogP) is 1.15. The standard InChI is InChI=1S/C8H5BrF2N2O2/c9-4-1-3(10)2-5(11)6(4)13-8(15)7(12)14/h1-2H,(H2,12,14)(H,13,15). The van der Waals surface area contributed by atoms with Gasteiger partial charge in [0.25, 0.3) is 0 Å². The molecule has 0 aliphatic rings. The van der Waals surface area contributed by atoms with Crippen LogP contribution < -0.4 is 11.1 Å². The zero-order valence-corrected chi connectivity index (χ0v) is 8.77. The van der Waals surface area contributed by atoms with E-state index in [1.54, 1.807) is 0 Å². The molecule has 0 unspecified atom stereocenters. The van der Waals surface area contributed by atoms with Crippen molar-refractivity contribution in [2.24, 2.45) is 5.73 Å². The summed E-state index contributed by atoms with van der Waals surface area (Å²) in [5.74, 6) is -4.25. The minimum absolute atomic E-state index is 0.0189. The fraction of sp³-hybridized carbons (Fsp3) is 0. The summed E-state index contributed by atoms with van der Waals surface area (Å²) in [5.41, 5.74) is 4.32. The number of primary amides is 1. The molecule has 1 rings (SSSR count). The molecule has 3 N–H and O–H groups in total. The smallest absolute Gasteiger partial charge is 0.313 e. The van der Waals surface area contributed by atoms with Gasteiger partial charge in [0.1, 0.15) is 5.82 Å². The Morgan fingerprint density at radius 3 is 2.40 bits per heavy atom. The lowest BCUT2D eigenvalue weighted by molar-refractivity contribution is -0.134. The number of hydrogen-bond donors (Lipinski definition) is 2. The van der Waals surface area contributed by atoms with Crippen molar-refractivity contribution < 1.29 is 18.4 Å². The van der Waals surface area contributed by atoms with Crippen molar-refractivity contribution >= 4 is 33.4 Å². The SMILES string of the molecule is NC(=O)C(=O)Nc1c(F)cc(F)cc1Br. The predicted molar refractivity (Wildman–Crippen MR) is 51.9 cm³/mol. The Kier molecular flexibility index (Phi) is 3.35. The number of rotatable bonds is 1. The van der Waals surface area contributed by atoms with Gasteiger partial charge in [-0.1, -0.05) is 0 Å². The third kappa shape index (κ3) is 2.72. The Morgan fingerprint density at radius 1 is 1.33 bits per heavy atom. The maximum atomic E-state index is 13.1. The minimum Gasteiger partial charge on any atom is -0.361 e. The number of nitrogens with two attached hydrogens (primary N) is 1. The van der Waals surface area contributed by atoms with Crippen LogP contribution in [0.5, 0.6) is 0 Å². The first-order valence-corrected chi connectivity index (χ1v) is 4.46. The Balaban J connectivity index is 3.05. The number of amides is 2. The highest BCUT2D eigenvalue weighted by Gasteiger charge is 2.15. The summed E-state index contributed by atoms with van der Waals surface area (Å²) in [6, 6.07) is 1.51. The summed E-state index contributed by atoms with van der Waals surface area (Å²) in [6.45, 7) is 0. The molecule has 0 aliphatic heterocycles. The van der Waals surface area contributed by atoms with Crippen LogP contribution in [0.1, 0.15) is 0 Å². The molecule has 0 heterocycles. The molecular formula is C8H5BrF2N2O2. The van der Waals surface area contributed by atoms with Gasteiger partial charge in [0, 0.05) is 10.5 Å². The van der Waals surface area contributed by atoms with Crippen LogP contribution in [0.4, 0.5) is 14.5 Å². The Labute approximate surface area is 91.6 Å². The van der Waals surface area contributed by atoms with E-state index in [1.807, 2.05) is 5.32 Å². The summed E-state index contributed by atoms with van der Waals surface area (Å²) in [6.07, 6.45) is 0. The summed E-state index contributed by atoms with van der Waals surface area (Å²) in [4.78, 5) is 21.2. The van der Waals surface area contributed by atoms with Gasteiger partial charge in [0.15, 0.2) is 5.82 Å². The van der Waals surface area contributed by atoms with Crippen LogP contribution in [0.15, 0.2) is 16.6 Å². The second-order valence-corrected chi connectivity index (χ2v) is 3.42. The van der Waals surface area contributed by atoms with E-state index in [9.17, 15) is 18.4 Å². The maximum absolute atomic E-state index is 13.1. The van der Waals surface area contributed by atoms with Crippen molar-refractivity contribution in [3.8, 4) is 0 Å². The quantitative estimate of drug-likeness (QED) is 0.757. The second-order valence-electron chi connectivity index (χ2n) is 2.56. The molecular weight excluding hydrogens is 274 g/mol. The summed E-state index contributed by atoms with van der Waals surface area (Å²) >= 11 is 2.83. The van der Waals surface area contributed by atoms with Crippen LogP contribution in [0.2, 0.25) is 0 Å². The van der Waals surface area contributed by atoms with Gasteiger partial charge in [-0.2, -0.15) is 0 Å². The molecule has 15 heavy (non-hydrogen) atoms. The van der Waals surface area contributed by atoms with Crippen LogP contribution in [0.25, 0.3) is 0 Å². The van der Waals surface area contributed by atoms with Crippen molar-refractivity contribution in [2.45, 2.75) is 0 Å². The molecule has 1 aromatic rings. The molecule has 2 amide bonds. The summed E-state index contributed by atoms with van der Waals surface area (Å²) < 4.78 is 25.7. The van der Waals surface area contributed by atoms with E-state index in [0.29, 0.717) is 6.07 Å². The average Bonchev–Trinajstić information content (AvgIpc) is 2.10. The molecule has 0 spiro atoms. The van der Waals surface area contributed by atoms with E-state index in [2.05, 4.69) is 21.7 Å². The molecule has 0 atom stereocenters. The minimum atomic E-state index is -1.26. The van der Waals surface area contributed by atoms with Gasteiger partial charge < -0.3 is 11.1 Å². The van der Waals surface area contributed by atoms with Crippen molar-refractivity contribution in [2.75, 3.05) is 5.32 Å². The van der Waals surface area contributed by atoms with Crippen molar-refractivity contribution in [3.63, 3.8) is 0 Å². The Morgan fingerprint density at radius 2 is 1.93 bits per heavy atom. The molecule has 0 bridgehead atoms. The van der Waals surface area contributed by atoms with Gasteiger partial charge in [0.2, 0.25) is 0 Å². The Bertz CT molecular complexity index is 414. The van der Waals surface area contributed by atoms with Crippen LogP contribution in [0, 0.1) is 11.6 Å². The first-order chi connectivity index (χ1) is 6.91. The zero-order chi connectivity index (χ0) is 11.6. The second kappa shape index (κ2) is 4.35. The van der Waals surface area contributed by atoms with Crippen molar-refractivity contribution in [1.82, 2.24) is 0 Å². The van der Waals surface area contributed by atoms with E-state index in [4.69, 9.17) is 0 Å². The number of carbonyl (C=O) groups excluding carboxylic acids is 2. The lowest BCUT2D eigenvalue weighted by Gasteiger charge is -2.06. The first-order valence-electron chi connectivity index (χ1n) is 3.67. The van der Waals surface area contributed by atoms with Crippen molar-refractivity contribution in [1.29, 1.82) is 0 Å². The number of anilines is 1. The van der Waals surface area contributed by atoms with Crippen LogP contribution in [-0.2, 0) is 9.59 Å². The van der Waals surface area contributed by atoms with Gasteiger partial charge in [-0.25, -0.2) is 8.78 Å². The van der Waals surface area contributed by atoms with Gasteiger partial charge in [0.05, 0.1) is 5.69 Å². The van der Waals surface area contributed by atoms with E-state index in [1.165, 1.54) is 0 Å². The zero-order valence-electron chi connectivity index (χ0n) is 7.18. The number of hydrogen-bond acceptors (Lipinski definition) is 2. The number of halogens is 3. The fourth-order valence-corrected chi connectivity index (χ4v) is 1.34. The van der Waals surface area contributed by atoms with E-state index >= 15 is 0 Å². The molecule has 0 aliphatic carbocycles. The number of carbonyl (C=O) groups is 2. The average molecular weight is 279 g/mol. The van der Waals surface area contributed by atoms with Gasteiger partial charge in [-0.3, -0.25) is 9.59 Å². The first kappa shape index (κ1) is 11.6. The van der Waals surface area contributed by atoms with Crippen molar-refractivity contribution in [3.05, 3.63) is 28.2 Å². The highest BCUT2D eigenvalue weighted by molar-refractivity contribution is 9.10. The summed E-state index contributed by atoms with van der Waals surface area (Å²) in [5, 5.41) is 1.90. The third-order valence-electron chi connectivity index (χ3n) is 1.47. The maximum Gasteiger partial charge on any atom is 0.313 e. The topological polar surface area (TPSA) is 72.2 Å². The molecule has 0 radical (unpaired) electrons. The number of benzene rings is 1. The van der Waals surface area contributed by atoms with Crippen LogP contribution in [-0.4, -0.2) is 11.8 Å². The van der Waals surface area contributed by atoms with E-state index in [-0.39, 0.29) is 10.2 Å². The fourth-order valence-electron chi connectivity index (χ4n) is 0.837. The van der Waals surface area contributed by atoms with Gasteiger partial charge in [-0.05, 0) is 22.0 Å². The lowest BCUT2D eigenvalue weighted by atomic mass is 10.3. The molecule has 0 fully saturated rings. The molecule has 0 aromatic heterocycles. The van der Waals surface area contributed by atoms with Gasteiger partial charge >= 0.3 is 11.8 Å². The molecule has 80 valence electrons. The van der Waals surface area contributed by atoms with Gasteiger partial charge in [-0.15, -0.1) is 0 Å². The Hall–Kier alpha value is -1.50. The molecule has 1 aromatic carbocycles. The lowest BCUT2D eigenvalue weighted by Crippen LogP contribution is -2.30. The largest absolute Gasteiger partial charge is 0.361 e. The summed E-state index contributed by atoms with van der Waals surface area (Å²) in [7, 11) is 0.